The van der Waals surface area contributed by atoms with Gasteiger partial charge in [-0.15, -0.1) is 5.10 Å². The number of hydrogen-bond acceptors (Lipinski definition) is 7. The molecule has 1 saturated carbocycles. The molecular weight excluding hydrogens is 454 g/mol. The second-order valence-corrected chi connectivity index (χ2v) is 9.03. The van der Waals surface area contributed by atoms with Crippen LogP contribution in [0.1, 0.15) is 48.8 Å². The van der Waals surface area contributed by atoms with E-state index in [2.05, 4.69) is 15.3 Å². The van der Waals surface area contributed by atoms with Crippen molar-refractivity contribution in [2.45, 2.75) is 51.5 Å². The number of amides is 1. The number of H-pyrrole nitrogens is 2. The van der Waals surface area contributed by atoms with Crippen LogP contribution < -0.4 is 11.2 Å². The maximum absolute atomic E-state index is 13.1. The maximum Gasteiger partial charge on any atom is 0.326 e. The van der Waals surface area contributed by atoms with Gasteiger partial charge in [-0.2, -0.15) is 0 Å². The van der Waals surface area contributed by atoms with Gasteiger partial charge in [-0.25, -0.2) is 13.6 Å². The molecule has 1 saturated heterocycles. The zero-order valence-corrected chi connectivity index (χ0v) is 18.7. The predicted octanol–water partition coefficient (Wildman–Crippen LogP) is 0.728. The molecule has 1 aliphatic heterocycles. The highest BCUT2D eigenvalue weighted by molar-refractivity contribution is 5.92. The smallest absolute Gasteiger partial charge is 0.326 e. The average Bonchev–Trinajstić information content (AvgIpc) is 3.18. The first-order valence-corrected chi connectivity index (χ1v) is 11.2. The highest BCUT2D eigenvalue weighted by atomic mass is 19.3. The summed E-state index contributed by atoms with van der Waals surface area (Å²) >= 11 is 0. The van der Waals surface area contributed by atoms with Crippen LogP contribution >= 0.6 is 0 Å². The van der Waals surface area contributed by atoms with E-state index in [9.17, 15) is 28.0 Å². The minimum atomic E-state index is -2.60. The molecule has 0 aromatic carbocycles. The van der Waals surface area contributed by atoms with Gasteiger partial charge in [0.1, 0.15) is 5.69 Å². The number of hydrogen-bond donors (Lipinski definition) is 2. The first kappa shape index (κ1) is 23.8. The fourth-order valence-corrected chi connectivity index (χ4v) is 4.66. The van der Waals surface area contributed by atoms with Crippen LogP contribution in [0.15, 0.2) is 21.9 Å². The molecule has 2 N–H and O–H groups in total. The number of aromatic nitrogens is 5. The van der Waals surface area contributed by atoms with Crippen LogP contribution in [0.5, 0.6) is 0 Å². The fourth-order valence-electron chi connectivity index (χ4n) is 4.66. The molecule has 11 nitrogen and oxygen atoms in total. The number of alkyl halides is 2. The molecule has 2 aromatic heterocycles. The molecule has 2 aliphatic rings. The first-order valence-electron chi connectivity index (χ1n) is 11.2. The van der Waals surface area contributed by atoms with Crippen molar-refractivity contribution in [1.29, 1.82) is 0 Å². The summed E-state index contributed by atoms with van der Waals surface area (Å²) < 4.78 is 33.0. The molecule has 2 aromatic rings. The number of aromatic amines is 2. The molecule has 0 spiro atoms. The van der Waals surface area contributed by atoms with Gasteiger partial charge >= 0.3 is 11.7 Å². The zero-order chi connectivity index (χ0) is 24.5. The Morgan fingerprint density at radius 1 is 1.21 bits per heavy atom. The van der Waals surface area contributed by atoms with Crippen LogP contribution in [0.2, 0.25) is 0 Å². The summed E-state index contributed by atoms with van der Waals surface area (Å²) in [6.07, 6.45) is 2.13. The molecule has 2 fully saturated rings. The van der Waals surface area contributed by atoms with Gasteiger partial charge in [0.15, 0.2) is 0 Å². The van der Waals surface area contributed by atoms with Crippen molar-refractivity contribution in [2.24, 2.45) is 11.3 Å². The van der Waals surface area contributed by atoms with Gasteiger partial charge in [0.05, 0.1) is 17.7 Å². The van der Waals surface area contributed by atoms with Crippen LogP contribution in [0.25, 0.3) is 0 Å². The summed E-state index contributed by atoms with van der Waals surface area (Å²) in [6, 6.07) is 1.02. The highest BCUT2D eigenvalue weighted by Crippen LogP contribution is 2.43. The Morgan fingerprint density at radius 2 is 1.91 bits per heavy atom. The maximum atomic E-state index is 13.1. The number of rotatable bonds is 7. The molecule has 184 valence electrons. The number of esters is 1. The van der Waals surface area contributed by atoms with Crippen molar-refractivity contribution in [1.82, 2.24) is 29.9 Å². The molecule has 0 atom stereocenters. The third-order valence-corrected chi connectivity index (χ3v) is 6.43. The van der Waals surface area contributed by atoms with Crippen molar-refractivity contribution in [3.05, 3.63) is 44.5 Å². The van der Waals surface area contributed by atoms with Gasteiger partial charge in [0, 0.05) is 51.2 Å². The van der Waals surface area contributed by atoms with Gasteiger partial charge < -0.3 is 14.6 Å². The van der Waals surface area contributed by atoms with E-state index in [1.54, 1.807) is 13.1 Å². The van der Waals surface area contributed by atoms with E-state index in [-0.39, 0.29) is 63.4 Å². The van der Waals surface area contributed by atoms with Gasteiger partial charge in [-0.1, -0.05) is 5.21 Å². The minimum Gasteiger partial charge on any atom is -0.466 e. The monoisotopic (exact) mass is 480 g/mol. The van der Waals surface area contributed by atoms with Crippen LogP contribution in [-0.2, 0) is 22.5 Å². The Hall–Kier alpha value is -3.38. The minimum absolute atomic E-state index is 0.123. The molecule has 0 unspecified atom stereocenters. The molecule has 1 aliphatic carbocycles. The molecule has 4 rings (SSSR count). The normalized spacial score (nSPS) is 19.4. The molecule has 0 bridgehead atoms. The summed E-state index contributed by atoms with van der Waals surface area (Å²) in [5.41, 5.74) is -1.97. The number of carbonyl (C=O) groups is 2. The quantitative estimate of drug-likeness (QED) is 0.556. The van der Waals surface area contributed by atoms with Gasteiger partial charge in [0.25, 0.3) is 11.5 Å². The third kappa shape index (κ3) is 5.07. The molecule has 0 radical (unpaired) electrons. The molecule has 3 heterocycles. The number of likely N-dealkylation sites (tertiary alicyclic amines) is 1. The van der Waals surface area contributed by atoms with E-state index in [0.29, 0.717) is 12.2 Å². The first-order chi connectivity index (χ1) is 16.1. The second kappa shape index (κ2) is 9.11. The Labute approximate surface area is 192 Å². The standard InChI is InChI=1S/C21H26F2N6O5/c1-2-34-18(32)20(10-14-12-29(27-26-14)11-13-8-21(22,23)9-13)3-5-28(6-4-20)17(31)15-7-16(30)25-19(33)24-15/h7,12-13H,2-6,8-11H2,1H3,(H2,24,25,30,33). The van der Waals surface area contributed by atoms with Crippen LogP contribution in [0, 0.1) is 11.3 Å². The fraction of sp³-hybridized carbons (Fsp3) is 0.619. The summed E-state index contributed by atoms with van der Waals surface area (Å²) in [7, 11) is 0. The lowest BCUT2D eigenvalue weighted by Crippen LogP contribution is -2.48. The summed E-state index contributed by atoms with van der Waals surface area (Å²) in [6.45, 7) is 2.65. The van der Waals surface area contributed by atoms with E-state index >= 15 is 0 Å². The highest BCUT2D eigenvalue weighted by Gasteiger charge is 2.46. The predicted molar refractivity (Wildman–Crippen MR) is 113 cm³/mol. The van der Waals surface area contributed by atoms with E-state index in [1.165, 1.54) is 9.58 Å². The third-order valence-electron chi connectivity index (χ3n) is 6.43. The van der Waals surface area contributed by atoms with Gasteiger partial charge in [-0.05, 0) is 25.7 Å². The van der Waals surface area contributed by atoms with Crippen molar-refractivity contribution in [3.63, 3.8) is 0 Å². The zero-order valence-electron chi connectivity index (χ0n) is 18.7. The van der Waals surface area contributed by atoms with Crippen molar-refractivity contribution < 1.29 is 23.1 Å². The number of ether oxygens (including phenoxy) is 1. The molecular formula is C21H26F2N6O5. The Morgan fingerprint density at radius 3 is 2.53 bits per heavy atom. The Balaban J connectivity index is 1.44. The summed E-state index contributed by atoms with van der Waals surface area (Å²) in [5, 5.41) is 8.15. The summed E-state index contributed by atoms with van der Waals surface area (Å²) in [5.74, 6) is -3.67. The number of nitrogens with one attached hydrogen (secondary N) is 2. The topological polar surface area (TPSA) is 143 Å². The number of halogens is 2. The van der Waals surface area contributed by atoms with Crippen molar-refractivity contribution in [2.75, 3.05) is 19.7 Å². The van der Waals surface area contributed by atoms with E-state index < -0.39 is 34.5 Å². The Bertz CT molecular complexity index is 1140. The lowest BCUT2D eigenvalue weighted by Gasteiger charge is -2.39. The number of nitrogens with zero attached hydrogens (tertiary/aromatic N) is 4. The SMILES string of the molecule is CCOC(=O)C1(Cc2cn(CC3CC(F)(F)C3)nn2)CCN(C(=O)c2cc(=O)[nH]c(=O)[nH]2)CC1. The van der Waals surface area contributed by atoms with E-state index in [1.807, 2.05) is 4.98 Å². The van der Waals surface area contributed by atoms with Crippen molar-refractivity contribution in [3.8, 4) is 0 Å². The van der Waals surface area contributed by atoms with Crippen LogP contribution in [0.4, 0.5) is 8.78 Å². The van der Waals surface area contributed by atoms with Gasteiger partial charge in [0.2, 0.25) is 5.92 Å². The lowest BCUT2D eigenvalue weighted by atomic mass is 9.74. The largest absolute Gasteiger partial charge is 0.466 e. The second-order valence-electron chi connectivity index (χ2n) is 9.03. The molecule has 1 amide bonds. The summed E-state index contributed by atoms with van der Waals surface area (Å²) in [4.78, 5) is 54.5. The molecule has 34 heavy (non-hydrogen) atoms. The number of carbonyl (C=O) groups excluding carboxylic acids is 2. The van der Waals surface area contributed by atoms with E-state index in [4.69, 9.17) is 4.74 Å². The van der Waals surface area contributed by atoms with Crippen LogP contribution in [-0.4, -0.2) is 67.4 Å². The Kier molecular flexibility index (Phi) is 6.36. The lowest BCUT2D eigenvalue weighted by molar-refractivity contribution is -0.158. The van der Waals surface area contributed by atoms with E-state index in [0.717, 1.165) is 6.07 Å². The van der Waals surface area contributed by atoms with Crippen LogP contribution in [0.3, 0.4) is 0 Å². The van der Waals surface area contributed by atoms with Gasteiger partial charge in [-0.3, -0.25) is 24.0 Å². The average molecular weight is 480 g/mol. The molecule has 13 heteroatoms. The number of piperidine rings is 1. The van der Waals surface area contributed by atoms with Crippen molar-refractivity contribution >= 4 is 11.9 Å².